The highest BCUT2D eigenvalue weighted by Crippen LogP contribution is 2.23. The summed E-state index contributed by atoms with van der Waals surface area (Å²) in [6, 6.07) is 15.1. The van der Waals surface area contributed by atoms with Gasteiger partial charge in [0.05, 0.1) is 6.04 Å². The number of nitrogens with one attached hydrogen (secondary N) is 1. The topological polar surface area (TPSA) is 38.0 Å². The SMILES string of the molecule is CCc1ccc(C(CN)NCc2ccccc2)s1. The van der Waals surface area contributed by atoms with Gasteiger partial charge in [0.15, 0.2) is 0 Å². The highest BCUT2D eigenvalue weighted by atomic mass is 32.1. The van der Waals surface area contributed by atoms with Gasteiger partial charge in [-0.2, -0.15) is 0 Å². The lowest BCUT2D eigenvalue weighted by Gasteiger charge is -2.15. The van der Waals surface area contributed by atoms with Gasteiger partial charge in [-0.25, -0.2) is 0 Å². The van der Waals surface area contributed by atoms with E-state index in [0.29, 0.717) is 6.54 Å². The van der Waals surface area contributed by atoms with Gasteiger partial charge in [-0.1, -0.05) is 37.3 Å². The molecule has 1 unspecified atom stereocenters. The Morgan fingerprint density at radius 2 is 1.94 bits per heavy atom. The number of hydrogen-bond acceptors (Lipinski definition) is 3. The fourth-order valence-electron chi connectivity index (χ4n) is 1.91. The molecular weight excluding hydrogens is 240 g/mol. The van der Waals surface area contributed by atoms with Crippen LogP contribution in [0.4, 0.5) is 0 Å². The fourth-order valence-corrected chi connectivity index (χ4v) is 2.95. The van der Waals surface area contributed by atoms with E-state index in [9.17, 15) is 0 Å². The van der Waals surface area contributed by atoms with Crippen LogP contribution in [0.1, 0.15) is 28.3 Å². The van der Waals surface area contributed by atoms with Crippen molar-refractivity contribution in [3.63, 3.8) is 0 Å². The van der Waals surface area contributed by atoms with Crippen LogP contribution in [-0.2, 0) is 13.0 Å². The summed E-state index contributed by atoms with van der Waals surface area (Å²) in [5.41, 5.74) is 7.16. The first kappa shape index (κ1) is 13.3. The molecule has 3 heteroatoms. The Morgan fingerprint density at radius 1 is 1.17 bits per heavy atom. The third-order valence-corrected chi connectivity index (χ3v) is 4.35. The van der Waals surface area contributed by atoms with Crippen molar-refractivity contribution in [2.75, 3.05) is 6.54 Å². The maximum Gasteiger partial charge on any atom is 0.0541 e. The summed E-state index contributed by atoms with van der Waals surface area (Å²) in [6.45, 7) is 3.68. The van der Waals surface area contributed by atoms with Crippen LogP contribution < -0.4 is 11.1 Å². The van der Waals surface area contributed by atoms with Crippen LogP contribution in [0.5, 0.6) is 0 Å². The van der Waals surface area contributed by atoms with Gasteiger partial charge in [-0.15, -0.1) is 11.3 Å². The number of rotatable bonds is 6. The number of hydrogen-bond donors (Lipinski definition) is 2. The van der Waals surface area contributed by atoms with E-state index < -0.39 is 0 Å². The van der Waals surface area contributed by atoms with E-state index in [0.717, 1.165) is 13.0 Å². The first-order chi connectivity index (χ1) is 8.83. The molecule has 2 rings (SSSR count). The summed E-state index contributed by atoms with van der Waals surface area (Å²) in [6.07, 6.45) is 1.10. The summed E-state index contributed by atoms with van der Waals surface area (Å²) in [7, 11) is 0. The minimum absolute atomic E-state index is 0.260. The molecule has 1 atom stereocenters. The van der Waals surface area contributed by atoms with Gasteiger partial charge in [-0.3, -0.25) is 0 Å². The van der Waals surface area contributed by atoms with Crippen LogP contribution in [-0.4, -0.2) is 6.54 Å². The smallest absolute Gasteiger partial charge is 0.0541 e. The molecule has 18 heavy (non-hydrogen) atoms. The first-order valence-electron chi connectivity index (χ1n) is 6.39. The molecule has 0 saturated heterocycles. The third kappa shape index (κ3) is 3.42. The fraction of sp³-hybridized carbons (Fsp3) is 0.333. The van der Waals surface area contributed by atoms with Crippen molar-refractivity contribution in [2.24, 2.45) is 5.73 Å². The first-order valence-corrected chi connectivity index (χ1v) is 7.21. The van der Waals surface area contributed by atoms with Gasteiger partial charge in [-0.05, 0) is 24.1 Å². The molecule has 0 aliphatic heterocycles. The molecule has 1 aromatic heterocycles. The lowest BCUT2D eigenvalue weighted by Crippen LogP contribution is -2.27. The van der Waals surface area contributed by atoms with Crippen LogP contribution in [0.15, 0.2) is 42.5 Å². The molecule has 1 heterocycles. The van der Waals surface area contributed by atoms with Crippen molar-refractivity contribution >= 4 is 11.3 Å². The molecule has 0 spiro atoms. The average Bonchev–Trinajstić information content (AvgIpc) is 2.89. The molecule has 1 aromatic carbocycles. The van der Waals surface area contributed by atoms with Crippen molar-refractivity contribution in [1.29, 1.82) is 0 Å². The lowest BCUT2D eigenvalue weighted by molar-refractivity contribution is 0.549. The Bertz CT molecular complexity index is 464. The Balaban J connectivity index is 1.97. The zero-order chi connectivity index (χ0) is 12.8. The van der Waals surface area contributed by atoms with E-state index in [1.54, 1.807) is 0 Å². The van der Waals surface area contributed by atoms with E-state index in [1.807, 2.05) is 17.4 Å². The summed E-state index contributed by atoms with van der Waals surface area (Å²) in [5.74, 6) is 0. The molecule has 0 saturated carbocycles. The van der Waals surface area contributed by atoms with E-state index in [1.165, 1.54) is 15.3 Å². The average molecular weight is 260 g/mol. The van der Waals surface area contributed by atoms with E-state index in [-0.39, 0.29) is 6.04 Å². The van der Waals surface area contributed by atoms with Gasteiger partial charge in [0.1, 0.15) is 0 Å². The van der Waals surface area contributed by atoms with Crippen molar-refractivity contribution in [3.05, 3.63) is 57.8 Å². The number of nitrogens with two attached hydrogens (primary N) is 1. The van der Waals surface area contributed by atoms with Crippen LogP contribution in [0.3, 0.4) is 0 Å². The van der Waals surface area contributed by atoms with Gasteiger partial charge in [0.25, 0.3) is 0 Å². The zero-order valence-electron chi connectivity index (χ0n) is 10.7. The molecule has 2 nitrogen and oxygen atoms in total. The third-order valence-electron chi connectivity index (χ3n) is 3.01. The maximum atomic E-state index is 5.86. The molecular formula is C15H20N2S. The quantitative estimate of drug-likeness (QED) is 0.837. The number of benzene rings is 1. The Labute approximate surface area is 113 Å². The van der Waals surface area contributed by atoms with Crippen molar-refractivity contribution < 1.29 is 0 Å². The maximum absolute atomic E-state index is 5.86. The second-order valence-electron chi connectivity index (χ2n) is 4.31. The normalized spacial score (nSPS) is 12.6. The molecule has 0 aliphatic rings. The zero-order valence-corrected chi connectivity index (χ0v) is 11.5. The van der Waals surface area contributed by atoms with E-state index in [2.05, 4.69) is 48.6 Å². The molecule has 0 aliphatic carbocycles. The molecule has 0 bridgehead atoms. The lowest BCUT2D eigenvalue weighted by atomic mass is 10.2. The molecule has 96 valence electrons. The monoisotopic (exact) mass is 260 g/mol. The Hall–Kier alpha value is -1.16. The van der Waals surface area contributed by atoms with Gasteiger partial charge < -0.3 is 11.1 Å². The van der Waals surface area contributed by atoms with E-state index in [4.69, 9.17) is 5.73 Å². The highest BCUT2D eigenvalue weighted by Gasteiger charge is 2.11. The summed E-state index contributed by atoms with van der Waals surface area (Å²) in [5, 5.41) is 3.52. The largest absolute Gasteiger partial charge is 0.329 e. The molecule has 0 amide bonds. The van der Waals surface area contributed by atoms with Gasteiger partial charge in [0.2, 0.25) is 0 Å². The minimum Gasteiger partial charge on any atom is -0.329 e. The van der Waals surface area contributed by atoms with Crippen molar-refractivity contribution in [3.8, 4) is 0 Å². The van der Waals surface area contributed by atoms with Crippen molar-refractivity contribution in [2.45, 2.75) is 25.9 Å². The second kappa shape index (κ2) is 6.69. The second-order valence-corrected chi connectivity index (χ2v) is 5.51. The minimum atomic E-state index is 0.260. The number of aryl methyl sites for hydroxylation is 1. The molecule has 0 fully saturated rings. The Morgan fingerprint density at radius 3 is 2.56 bits per heavy atom. The summed E-state index contributed by atoms with van der Waals surface area (Å²) in [4.78, 5) is 2.76. The predicted octanol–water partition coefficient (Wildman–Crippen LogP) is 3.10. The van der Waals surface area contributed by atoms with Gasteiger partial charge >= 0.3 is 0 Å². The molecule has 0 radical (unpaired) electrons. The van der Waals surface area contributed by atoms with Gasteiger partial charge in [0, 0.05) is 22.8 Å². The van der Waals surface area contributed by atoms with Crippen LogP contribution >= 0.6 is 11.3 Å². The van der Waals surface area contributed by atoms with Crippen LogP contribution in [0.25, 0.3) is 0 Å². The standard InChI is InChI=1S/C15H20N2S/c1-2-13-8-9-15(18-13)14(10-16)17-11-12-6-4-3-5-7-12/h3-9,14,17H,2,10-11,16H2,1H3. The van der Waals surface area contributed by atoms with Crippen molar-refractivity contribution in [1.82, 2.24) is 5.32 Å². The molecule has 2 aromatic rings. The summed E-state index contributed by atoms with van der Waals surface area (Å²) >= 11 is 1.86. The van der Waals surface area contributed by atoms with Crippen LogP contribution in [0.2, 0.25) is 0 Å². The summed E-state index contributed by atoms with van der Waals surface area (Å²) < 4.78 is 0. The molecule has 3 N–H and O–H groups in total. The predicted molar refractivity (Wildman–Crippen MR) is 78.8 cm³/mol. The van der Waals surface area contributed by atoms with E-state index >= 15 is 0 Å². The highest BCUT2D eigenvalue weighted by molar-refractivity contribution is 7.12. The number of thiophene rings is 1. The van der Waals surface area contributed by atoms with Crippen LogP contribution in [0, 0.1) is 0 Å². The Kier molecular flexibility index (Phi) is 4.93.